The standard InChI is InChI=1S/C35H38BrNO/c1-33(2,3)23-19-27-31(29(36)21-23)38-32-28(35(27,7)8)20-24(34(4,5)6)22-30(32)37(25-15-11-9-12-16-25)26-17-13-10-14-18-26/h9-22H,1-8H3. The zero-order chi connectivity index (χ0) is 27.5. The van der Waals surface area contributed by atoms with E-state index in [-0.39, 0.29) is 16.2 Å². The van der Waals surface area contributed by atoms with Gasteiger partial charge in [0.1, 0.15) is 5.75 Å². The maximum Gasteiger partial charge on any atom is 0.155 e. The molecule has 0 unspecified atom stereocenters. The zero-order valence-electron chi connectivity index (χ0n) is 23.8. The summed E-state index contributed by atoms with van der Waals surface area (Å²) in [7, 11) is 0. The lowest BCUT2D eigenvalue weighted by atomic mass is 9.71. The van der Waals surface area contributed by atoms with Gasteiger partial charge in [0.25, 0.3) is 0 Å². The lowest BCUT2D eigenvalue weighted by Gasteiger charge is -2.40. The highest BCUT2D eigenvalue weighted by Gasteiger charge is 2.40. The van der Waals surface area contributed by atoms with Gasteiger partial charge >= 0.3 is 0 Å². The minimum atomic E-state index is -0.262. The average Bonchev–Trinajstić information content (AvgIpc) is 2.85. The van der Waals surface area contributed by atoms with Crippen molar-refractivity contribution in [3.63, 3.8) is 0 Å². The van der Waals surface area contributed by atoms with Crippen molar-refractivity contribution in [1.29, 1.82) is 0 Å². The first-order valence-corrected chi connectivity index (χ1v) is 14.2. The normalized spacial score (nSPS) is 14.3. The van der Waals surface area contributed by atoms with Crippen LogP contribution in [0.15, 0.2) is 89.4 Å². The fourth-order valence-corrected chi connectivity index (χ4v) is 5.75. The van der Waals surface area contributed by atoms with Crippen molar-refractivity contribution < 1.29 is 4.74 Å². The Balaban J connectivity index is 1.84. The molecule has 0 bridgehead atoms. The minimum Gasteiger partial charge on any atom is -0.453 e. The third-order valence-electron chi connectivity index (χ3n) is 7.67. The van der Waals surface area contributed by atoms with Gasteiger partial charge in [-0.2, -0.15) is 0 Å². The van der Waals surface area contributed by atoms with Gasteiger partial charge in [-0.05, 0) is 74.3 Å². The number of rotatable bonds is 3. The summed E-state index contributed by atoms with van der Waals surface area (Å²) in [6, 6.07) is 30.4. The highest BCUT2D eigenvalue weighted by molar-refractivity contribution is 9.10. The van der Waals surface area contributed by atoms with Gasteiger partial charge in [0.15, 0.2) is 5.75 Å². The molecule has 0 fully saturated rings. The van der Waals surface area contributed by atoms with Crippen molar-refractivity contribution in [2.75, 3.05) is 4.90 Å². The molecule has 4 aromatic carbocycles. The van der Waals surface area contributed by atoms with Gasteiger partial charge in [0.2, 0.25) is 0 Å². The number of fused-ring (bicyclic) bond motifs is 2. The fraction of sp³-hybridized carbons (Fsp3) is 0.314. The summed E-state index contributed by atoms with van der Waals surface area (Å²) < 4.78 is 7.94. The topological polar surface area (TPSA) is 12.5 Å². The van der Waals surface area contributed by atoms with Crippen LogP contribution in [0.1, 0.15) is 77.6 Å². The van der Waals surface area contributed by atoms with Crippen LogP contribution >= 0.6 is 15.9 Å². The third kappa shape index (κ3) is 4.66. The molecule has 0 saturated carbocycles. The van der Waals surface area contributed by atoms with Crippen LogP contribution < -0.4 is 9.64 Å². The van der Waals surface area contributed by atoms with E-state index in [0.717, 1.165) is 33.0 Å². The second kappa shape index (κ2) is 9.31. The summed E-state index contributed by atoms with van der Waals surface area (Å²) in [5.74, 6) is 1.81. The highest BCUT2D eigenvalue weighted by atomic mass is 79.9. The highest BCUT2D eigenvalue weighted by Crippen LogP contribution is 2.56. The van der Waals surface area contributed by atoms with E-state index in [1.54, 1.807) is 0 Å². The molecule has 1 aliphatic rings. The number of nitrogens with zero attached hydrogens (tertiary/aromatic N) is 1. The maximum absolute atomic E-state index is 6.95. The molecule has 0 N–H and O–H groups in total. The van der Waals surface area contributed by atoms with Gasteiger partial charge in [-0.3, -0.25) is 0 Å². The SMILES string of the molecule is CC(C)(C)c1cc(Br)c2c(c1)C(C)(C)c1cc(C(C)(C)C)cc(N(c3ccccc3)c3ccccc3)c1O2. The molecular weight excluding hydrogens is 530 g/mol. The predicted octanol–water partition coefficient (Wildman–Crippen LogP) is 10.9. The van der Waals surface area contributed by atoms with Crippen molar-refractivity contribution in [3.05, 3.63) is 112 Å². The molecule has 5 rings (SSSR count). The van der Waals surface area contributed by atoms with Crippen molar-refractivity contribution >= 4 is 33.0 Å². The average molecular weight is 569 g/mol. The second-order valence-electron chi connectivity index (χ2n) is 12.9. The number of hydrogen-bond acceptors (Lipinski definition) is 2. The van der Waals surface area contributed by atoms with Crippen LogP contribution in [0, 0.1) is 0 Å². The summed E-state index contributed by atoms with van der Waals surface area (Å²) in [5.41, 5.74) is 7.99. The van der Waals surface area contributed by atoms with Crippen LogP contribution in [0.3, 0.4) is 0 Å². The van der Waals surface area contributed by atoms with Gasteiger partial charge in [-0.25, -0.2) is 0 Å². The molecule has 0 spiro atoms. The number of halogens is 1. The van der Waals surface area contributed by atoms with Crippen LogP contribution in [0.5, 0.6) is 11.5 Å². The fourth-order valence-electron chi connectivity index (χ4n) is 5.21. The Morgan fingerprint density at radius 1 is 0.632 bits per heavy atom. The minimum absolute atomic E-state index is 0.0315. The first-order chi connectivity index (χ1) is 17.8. The van der Waals surface area contributed by atoms with E-state index in [1.807, 2.05) is 0 Å². The van der Waals surface area contributed by atoms with Gasteiger partial charge in [-0.1, -0.05) is 104 Å². The van der Waals surface area contributed by atoms with E-state index in [9.17, 15) is 0 Å². The molecular formula is C35H38BrNO. The van der Waals surface area contributed by atoms with E-state index in [0.29, 0.717) is 0 Å². The first-order valence-electron chi connectivity index (χ1n) is 13.4. The third-order valence-corrected chi connectivity index (χ3v) is 8.25. The van der Waals surface area contributed by atoms with Crippen LogP contribution in [0.25, 0.3) is 0 Å². The van der Waals surface area contributed by atoms with Crippen molar-refractivity contribution in [3.8, 4) is 11.5 Å². The molecule has 0 aromatic heterocycles. The molecule has 2 nitrogen and oxygen atoms in total. The van der Waals surface area contributed by atoms with E-state index in [1.165, 1.54) is 22.3 Å². The second-order valence-corrected chi connectivity index (χ2v) is 13.8. The van der Waals surface area contributed by atoms with E-state index in [2.05, 4.69) is 161 Å². The maximum atomic E-state index is 6.95. The van der Waals surface area contributed by atoms with Crippen molar-refractivity contribution in [2.45, 2.75) is 71.6 Å². The van der Waals surface area contributed by atoms with E-state index < -0.39 is 0 Å². The van der Waals surface area contributed by atoms with E-state index in [4.69, 9.17) is 4.74 Å². The van der Waals surface area contributed by atoms with Crippen molar-refractivity contribution in [1.82, 2.24) is 0 Å². The lowest BCUT2D eigenvalue weighted by Crippen LogP contribution is -2.28. The molecule has 4 aromatic rings. The summed E-state index contributed by atoms with van der Waals surface area (Å²) in [6.45, 7) is 18.3. The first kappa shape index (κ1) is 26.6. The summed E-state index contributed by atoms with van der Waals surface area (Å²) in [6.07, 6.45) is 0. The van der Waals surface area contributed by atoms with Gasteiger partial charge in [-0.15, -0.1) is 0 Å². The van der Waals surface area contributed by atoms with Gasteiger partial charge in [0.05, 0.1) is 10.2 Å². The number of benzene rings is 4. The number of para-hydroxylation sites is 2. The van der Waals surface area contributed by atoms with Crippen LogP contribution in [0.4, 0.5) is 17.1 Å². The molecule has 1 aliphatic heterocycles. The smallest absolute Gasteiger partial charge is 0.155 e. The molecule has 0 amide bonds. The van der Waals surface area contributed by atoms with E-state index >= 15 is 0 Å². The van der Waals surface area contributed by atoms with Crippen LogP contribution in [-0.4, -0.2) is 0 Å². The largest absolute Gasteiger partial charge is 0.453 e. The van der Waals surface area contributed by atoms with Crippen LogP contribution in [-0.2, 0) is 16.2 Å². The van der Waals surface area contributed by atoms with Crippen molar-refractivity contribution in [2.24, 2.45) is 0 Å². The number of anilines is 3. The molecule has 0 radical (unpaired) electrons. The van der Waals surface area contributed by atoms with Gasteiger partial charge < -0.3 is 9.64 Å². The molecule has 1 heterocycles. The Labute approximate surface area is 236 Å². The van der Waals surface area contributed by atoms with Gasteiger partial charge in [0, 0.05) is 27.9 Å². The molecule has 3 heteroatoms. The quantitative estimate of drug-likeness (QED) is 0.244. The molecule has 0 saturated heterocycles. The Hall–Kier alpha value is -3.04. The Kier molecular flexibility index (Phi) is 6.51. The van der Waals surface area contributed by atoms with Crippen LogP contribution in [0.2, 0.25) is 0 Å². The molecule has 196 valence electrons. The predicted molar refractivity (Wildman–Crippen MR) is 165 cm³/mol. The lowest BCUT2D eigenvalue weighted by molar-refractivity contribution is 0.413. The Bertz CT molecular complexity index is 1440. The molecule has 0 atom stereocenters. The number of ether oxygens (including phenoxy) is 1. The Morgan fingerprint density at radius 3 is 1.55 bits per heavy atom. The molecule has 38 heavy (non-hydrogen) atoms. The Morgan fingerprint density at radius 2 is 1.08 bits per heavy atom. The number of hydrogen-bond donors (Lipinski definition) is 0. The monoisotopic (exact) mass is 567 g/mol. The summed E-state index contributed by atoms with van der Waals surface area (Å²) in [5, 5.41) is 0. The molecule has 0 aliphatic carbocycles. The summed E-state index contributed by atoms with van der Waals surface area (Å²) >= 11 is 3.89. The summed E-state index contributed by atoms with van der Waals surface area (Å²) in [4.78, 5) is 2.33. The zero-order valence-corrected chi connectivity index (χ0v) is 25.4.